The van der Waals surface area contributed by atoms with Gasteiger partial charge in [0.25, 0.3) is 5.91 Å². The lowest BCUT2D eigenvalue weighted by Gasteiger charge is -2.02. The first-order valence-corrected chi connectivity index (χ1v) is 5.55. The van der Waals surface area contributed by atoms with E-state index in [1.165, 1.54) is 0 Å². The standard InChI is InChI=1S/C10H6Br2N2O/c11-9(12)8(6-13)14-10(15)7-4-2-1-3-5-7/h1-5H,(H,14,15). The number of rotatable bonds is 2. The second-order valence-corrected chi connectivity index (χ2v) is 5.22. The topological polar surface area (TPSA) is 52.9 Å². The van der Waals surface area contributed by atoms with E-state index in [1.54, 1.807) is 24.3 Å². The Morgan fingerprint density at radius 1 is 1.27 bits per heavy atom. The summed E-state index contributed by atoms with van der Waals surface area (Å²) in [4.78, 5) is 11.6. The third-order valence-electron chi connectivity index (χ3n) is 1.58. The molecule has 1 aromatic carbocycles. The van der Waals surface area contributed by atoms with E-state index in [0.717, 1.165) is 0 Å². The minimum Gasteiger partial charge on any atom is -0.312 e. The van der Waals surface area contributed by atoms with Crippen LogP contribution in [-0.4, -0.2) is 5.91 Å². The van der Waals surface area contributed by atoms with Crippen LogP contribution in [0.3, 0.4) is 0 Å². The van der Waals surface area contributed by atoms with Crippen molar-refractivity contribution >= 4 is 37.8 Å². The van der Waals surface area contributed by atoms with Crippen LogP contribution in [0.2, 0.25) is 0 Å². The molecular weight excluding hydrogens is 324 g/mol. The van der Waals surface area contributed by atoms with Crippen LogP contribution in [0.4, 0.5) is 0 Å². The van der Waals surface area contributed by atoms with E-state index < -0.39 is 0 Å². The first-order valence-electron chi connectivity index (χ1n) is 3.97. The fraction of sp³-hybridized carbons (Fsp3) is 0. The zero-order chi connectivity index (χ0) is 11.3. The number of nitriles is 1. The molecule has 1 amide bonds. The predicted molar refractivity (Wildman–Crippen MR) is 64.4 cm³/mol. The number of halogens is 2. The molecule has 0 unspecified atom stereocenters. The normalized spacial score (nSPS) is 8.87. The number of nitrogens with one attached hydrogen (secondary N) is 1. The van der Waals surface area contributed by atoms with Crippen molar-refractivity contribution in [1.29, 1.82) is 5.26 Å². The average molecular weight is 330 g/mol. The van der Waals surface area contributed by atoms with Crippen LogP contribution in [0.1, 0.15) is 10.4 Å². The number of hydrogen-bond donors (Lipinski definition) is 1. The van der Waals surface area contributed by atoms with Gasteiger partial charge >= 0.3 is 0 Å². The Hall–Kier alpha value is -1.12. The molecule has 0 atom stereocenters. The minimum atomic E-state index is -0.316. The number of carbonyl (C=O) groups is 1. The zero-order valence-corrected chi connectivity index (χ0v) is 10.7. The van der Waals surface area contributed by atoms with Crippen molar-refractivity contribution in [2.45, 2.75) is 0 Å². The number of carbonyl (C=O) groups excluding carboxylic acids is 1. The lowest BCUT2D eigenvalue weighted by atomic mass is 10.2. The smallest absolute Gasteiger partial charge is 0.256 e. The van der Waals surface area contributed by atoms with Crippen molar-refractivity contribution < 1.29 is 4.79 Å². The molecule has 0 aromatic heterocycles. The van der Waals surface area contributed by atoms with Crippen LogP contribution < -0.4 is 5.32 Å². The molecule has 0 spiro atoms. The second kappa shape index (κ2) is 5.69. The number of hydrogen-bond acceptors (Lipinski definition) is 2. The summed E-state index contributed by atoms with van der Waals surface area (Å²) in [6.45, 7) is 0. The Morgan fingerprint density at radius 2 is 1.87 bits per heavy atom. The summed E-state index contributed by atoms with van der Waals surface area (Å²) < 4.78 is 0.418. The quantitative estimate of drug-likeness (QED) is 0.848. The Labute approximate surface area is 104 Å². The van der Waals surface area contributed by atoms with Gasteiger partial charge in [0.2, 0.25) is 0 Å². The molecule has 0 aliphatic rings. The minimum absolute atomic E-state index is 0.142. The van der Waals surface area contributed by atoms with Crippen molar-refractivity contribution in [2.24, 2.45) is 0 Å². The fourth-order valence-electron chi connectivity index (χ4n) is 0.893. The van der Waals surface area contributed by atoms with Crippen molar-refractivity contribution in [1.82, 2.24) is 5.32 Å². The zero-order valence-electron chi connectivity index (χ0n) is 7.50. The Morgan fingerprint density at radius 3 is 2.33 bits per heavy atom. The van der Waals surface area contributed by atoms with Gasteiger partial charge in [-0.15, -0.1) is 0 Å². The highest BCUT2D eigenvalue weighted by molar-refractivity contribution is 9.28. The van der Waals surface area contributed by atoms with Gasteiger partial charge in [-0.1, -0.05) is 18.2 Å². The third kappa shape index (κ3) is 3.50. The molecule has 0 heterocycles. The molecule has 0 radical (unpaired) electrons. The monoisotopic (exact) mass is 328 g/mol. The van der Waals surface area contributed by atoms with Gasteiger partial charge in [-0.25, -0.2) is 0 Å². The largest absolute Gasteiger partial charge is 0.312 e. The number of nitrogens with zero attached hydrogens (tertiary/aromatic N) is 1. The highest BCUT2D eigenvalue weighted by atomic mass is 79.9. The van der Waals surface area contributed by atoms with E-state index in [9.17, 15) is 4.79 Å². The molecule has 76 valence electrons. The van der Waals surface area contributed by atoms with Gasteiger partial charge in [-0.3, -0.25) is 4.79 Å². The van der Waals surface area contributed by atoms with Gasteiger partial charge in [0.1, 0.15) is 11.8 Å². The van der Waals surface area contributed by atoms with E-state index in [-0.39, 0.29) is 11.6 Å². The van der Waals surface area contributed by atoms with Gasteiger partial charge in [-0.2, -0.15) is 5.26 Å². The number of allylic oxidation sites excluding steroid dienone is 1. The first kappa shape index (κ1) is 12.0. The second-order valence-electron chi connectivity index (χ2n) is 2.57. The molecule has 0 saturated heterocycles. The summed E-state index contributed by atoms with van der Waals surface area (Å²) in [5.41, 5.74) is 0.648. The Bertz CT molecular complexity index is 430. The summed E-state index contributed by atoms with van der Waals surface area (Å²) in [6.07, 6.45) is 0. The summed E-state index contributed by atoms with van der Waals surface area (Å²) in [5, 5.41) is 11.2. The maximum atomic E-state index is 11.6. The van der Waals surface area contributed by atoms with Crippen molar-refractivity contribution in [2.75, 3.05) is 0 Å². The van der Waals surface area contributed by atoms with Crippen LogP contribution in [0.25, 0.3) is 0 Å². The molecule has 1 N–H and O–H groups in total. The molecule has 0 aliphatic heterocycles. The van der Waals surface area contributed by atoms with E-state index in [0.29, 0.717) is 8.96 Å². The van der Waals surface area contributed by atoms with Crippen molar-refractivity contribution in [3.63, 3.8) is 0 Å². The summed E-state index contributed by atoms with van der Waals surface area (Å²) in [5.74, 6) is -0.316. The lowest BCUT2D eigenvalue weighted by Crippen LogP contribution is -2.22. The van der Waals surface area contributed by atoms with E-state index in [4.69, 9.17) is 5.26 Å². The van der Waals surface area contributed by atoms with Crippen molar-refractivity contribution in [3.8, 4) is 6.07 Å². The van der Waals surface area contributed by atoms with Crippen LogP contribution >= 0.6 is 31.9 Å². The molecule has 0 aliphatic carbocycles. The molecular formula is C10H6Br2N2O. The fourth-order valence-corrected chi connectivity index (χ4v) is 1.27. The summed E-state index contributed by atoms with van der Waals surface area (Å²) >= 11 is 6.12. The predicted octanol–water partition coefficient (Wildman–Crippen LogP) is 2.90. The van der Waals surface area contributed by atoms with Gasteiger partial charge in [0.15, 0.2) is 0 Å². The maximum Gasteiger partial charge on any atom is 0.256 e. The summed E-state index contributed by atoms with van der Waals surface area (Å²) in [6, 6.07) is 10.5. The lowest BCUT2D eigenvalue weighted by molar-refractivity contribution is 0.0967. The highest BCUT2D eigenvalue weighted by Gasteiger charge is 2.08. The molecule has 15 heavy (non-hydrogen) atoms. The maximum absolute atomic E-state index is 11.6. The van der Waals surface area contributed by atoms with E-state index in [1.807, 2.05) is 12.1 Å². The van der Waals surface area contributed by atoms with Crippen LogP contribution in [0.5, 0.6) is 0 Å². The molecule has 3 nitrogen and oxygen atoms in total. The van der Waals surface area contributed by atoms with Crippen LogP contribution in [0, 0.1) is 11.3 Å². The number of amides is 1. The van der Waals surface area contributed by atoms with Gasteiger partial charge in [-0.05, 0) is 44.0 Å². The van der Waals surface area contributed by atoms with E-state index >= 15 is 0 Å². The average Bonchev–Trinajstić information content (AvgIpc) is 2.26. The highest BCUT2D eigenvalue weighted by Crippen LogP contribution is 2.17. The molecule has 0 saturated carbocycles. The van der Waals surface area contributed by atoms with Crippen molar-refractivity contribution in [3.05, 3.63) is 45.0 Å². The molecule has 5 heteroatoms. The van der Waals surface area contributed by atoms with Gasteiger partial charge in [0.05, 0.1) is 3.39 Å². The third-order valence-corrected chi connectivity index (χ3v) is 2.37. The first-order chi connectivity index (χ1) is 7.15. The van der Waals surface area contributed by atoms with Gasteiger partial charge in [0, 0.05) is 5.56 Å². The Balaban J connectivity index is 2.83. The molecule has 1 rings (SSSR count). The summed E-state index contributed by atoms with van der Waals surface area (Å²) in [7, 11) is 0. The molecule has 1 aromatic rings. The van der Waals surface area contributed by atoms with Gasteiger partial charge < -0.3 is 5.32 Å². The molecule has 0 fully saturated rings. The van der Waals surface area contributed by atoms with Crippen LogP contribution in [-0.2, 0) is 0 Å². The molecule has 0 bridgehead atoms. The Kier molecular flexibility index (Phi) is 4.53. The van der Waals surface area contributed by atoms with Crippen LogP contribution in [0.15, 0.2) is 39.4 Å². The number of benzene rings is 1. The SMILES string of the molecule is N#CC(NC(=O)c1ccccc1)=C(Br)Br. The van der Waals surface area contributed by atoms with E-state index in [2.05, 4.69) is 37.2 Å².